The third-order valence-electron chi connectivity index (χ3n) is 3.91. The standard InChI is InChI=1S/C18H24N4/c1-3-21(4-2)13-11-20-15-18-6-5-12-22(18)17-9-7-16(14-19)8-10-17/h5-10,12,20H,3-4,11,13,15H2,1-2H3. The molecule has 0 aliphatic rings. The number of hydrogen-bond donors (Lipinski definition) is 1. The van der Waals surface area contributed by atoms with Crippen molar-refractivity contribution in [1.29, 1.82) is 5.26 Å². The van der Waals surface area contributed by atoms with Crippen LogP contribution in [-0.4, -0.2) is 35.6 Å². The minimum absolute atomic E-state index is 0.690. The van der Waals surface area contributed by atoms with E-state index in [1.165, 1.54) is 5.69 Å². The Morgan fingerprint density at radius 1 is 1.14 bits per heavy atom. The predicted molar refractivity (Wildman–Crippen MR) is 90.0 cm³/mol. The first-order valence-electron chi connectivity index (χ1n) is 7.88. The van der Waals surface area contributed by atoms with Crippen molar-refractivity contribution in [1.82, 2.24) is 14.8 Å². The third kappa shape index (κ3) is 4.20. The summed E-state index contributed by atoms with van der Waals surface area (Å²) in [5.41, 5.74) is 3.00. The lowest BCUT2D eigenvalue weighted by Gasteiger charge is -2.18. The molecule has 0 aliphatic carbocycles. The van der Waals surface area contributed by atoms with Crippen LogP contribution in [-0.2, 0) is 6.54 Å². The van der Waals surface area contributed by atoms with Crippen molar-refractivity contribution < 1.29 is 0 Å². The molecular formula is C18H24N4. The average molecular weight is 296 g/mol. The van der Waals surface area contributed by atoms with Crippen molar-refractivity contribution in [2.75, 3.05) is 26.2 Å². The van der Waals surface area contributed by atoms with Gasteiger partial charge in [0.1, 0.15) is 0 Å². The normalized spacial score (nSPS) is 10.8. The third-order valence-corrected chi connectivity index (χ3v) is 3.91. The summed E-state index contributed by atoms with van der Waals surface area (Å²) in [7, 11) is 0. The van der Waals surface area contributed by atoms with Crippen LogP contribution < -0.4 is 5.32 Å². The highest BCUT2D eigenvalue weighted by molar-refractivity contribution is 5.41. The van der Waals surface area contributed by atoms with Crippen molar-refractivity contribution in [2.45, 2.75) is 20.4 Å². The SMILES string of the molecule is CCN(CC)CCNCc1cccn1-c1ccc(C#N)cc1. The van der Waals surface area contributed by atoms with Crippen molar-refractivity contribution in [3.63, 3.8) is 0 Å². The number of nitrogens with zero attached hydrogens (tertiary/aromatic N) is 3. The van der Waals surface area contributed by atoms with Gasteiger partial charge in [-0.25, -0.2) is 0 Å². The summed E-state index contributed by atoms with van der Waals surface area (Å²) in [5.74, 6) is 0. The molecule has 1 aromatic heterocycles. The molecule has 1 heterocycles. The Balaban J connectivity index is 1.93. The topological polar surface area (TPSA) is 44.0 Å². The second kappa shape index (κ2) is 8.38. The molecule has 0 saturated heterocycles. The Bertz CT molecular complexity index is 603. The number of benzene rings is 1. The van der Waals surface area contributed by atoms with Gasteiger partial charge in [0.2, 0.25) is 0 Å². The van der Waals surface area contributed by atoms with Gasteiger partial charge in [-0.3, -0.25) is 0 Å². The maximum Gasteiger partial charge on any atom is 0.0991 e. The van der Waals surface area contributed by atoms with Gasteiger partial charge in [0.25, 0.3) is 0 Å². The zero-order chi connectivity index (χ0) is 15.8. The fourth-order valence-corrected chi connectivity index (χ4v) is 2.50. The molecule has 1 N–H and O–H groups in total. The number of hydrogen-bond acceptors (Lipinski definition) is 3. The van der Waals surface area contributed by atoms with Gasteiger partial charge in [0.15, 0.2) is 0 Å². The smallest absolute Gasteiger partial charge is 0.0991 e. The number of nitriles is 1. The molecular weight excluding hydrogens is 272 g/mol. The molecule has 0 amide bonds. The maximum absolute atomic E-state index is 8.87. The molecule has 0 radical (unpaired) electrons. The highest BCUT2D eigenvalue weighted by atomic mass is 15.1. The van der Waals surface area contributed by atoms with E-state index in [9.17, 15) is 0 Å². The molecule has 4 heteroatoms. The molecule has 2 rings (SSSR count). The summed E-state index contributed by atoms with van der Waals surface area (Å²) in [6.45, 7) is 9.48. The molecule has 0 saturated carbocycles. The van der Waals surface area contributed by atoms with Crippen molar-refractivity contribution in [3.8, 4) is 11.8 Å². The van der Waals surface area contributed by atoms with Crippen LogP contribution in [0.4, 0.5) is 0 Å². The molecule has 2 aromatic rings. The second-order valence-electron chi connectivity index (χ2n) is 5.23. The molecule has 0 bridgehead atoms. The van der Waals surface area contributed by atoms with Crippen molar-refractivity contribution in [3.05, 3.63) is 53.9 Å². The van der Waals surface area contributed by atoms with Crippen LogP contribution in [0, 0.1) is 11.3 Å². The first-order valence-corrected chi connectivity index (χ1v) is 7.88. The molecule has 1 aromatic carbocycles. The molecule has 0 unspecified atom stereocenters. The van der Waals surface area contributed by atoms with Gasteiger partial charge >= 0.3 is 0 Å². The summed E-state index contributed by atoms with van der Waals surface area (Å²) >= 11 is 0. The summed E-state index contributed by atoms with van der Waals surface area (Å²) in [4.78, 5) is 2.41. The maximum atomic E-state index is 8.87. The zero-order valence-electron chi connectivity index (χ0n) is 13.4. The van der Waals surface area contributed by atoms with Crippen molar-refractivity contribution >= 4 is 0 Å². The largest absolute Gasteiger partial charge is 0.320 e. The monoisotopic (exact) mass is 296 g/mol. The Hall–Kier alpha value is -2.09. The van der Waals surface area contributed by atoms with Crippen molar-refractivity contribution in [2.24, 2.45) is 0 Å². The summed E-state index contributed by atoms with van der Waals surface area (Å²) in [6, 6.07) is 14.0. The minimum atomic E-state index is 0.690. The number of nitrogens with one attached hydrogen (secondary N) is 1. The highest BCUT2D eigenvalue weighted by Gasteiger charge is 2.04. The fraction of sp³-hybridized carbons (Fsp3) is 0.389. The lowest BCUT2D eigenvalue weighted by Crippen LogP contribution is -2.31. The van der Waals surface area contributed by atoms with E-state index in [0.717, 1.165) is 38.4 Å². The summed E-state index contributed by atoms with van der Waals surface area (Å²) < 4.78 is 2.16. The Morgan fingerprint density at radius 2 is 1.86 bits per heavy atom. The molecule has 22 heavy (non-hydrogen) atoms. The predicted octanol–water partition coefficient (Wildman–Crippen LogP) is 2.78. The van der Waals surface area contributed by atoms with Crippen LogP contribution in [0.1, 0.15) is 25.1 Å². The number of aromatic nitrogens is 1. The fourth-order valence-electron chi connectivity index (χ4n) is 2.50. The van der Waals surface area contributed by atoms with E-state index in [1.807, 2.05) is 24.3 Å². The van der Waals surface area contributed by atoms with Gasteiger partial charge < -0.3 is 14.8 Å². The van der Waals surface area contributed by atoms with Gasteiger partial charge in [0.05, 0.1) is 11.6 Å². The molecule has 4 nitrogen and oxygen atoms in total. The zero-order valence-corrected chi connectivity index (χ0v) is 13.4. The number of likely N-dealkylation sites (N-methyl/N-ethyl adjacent to an activating group) is 1. The molecule has 116 valence electrons. The van der Waals surface area contributed by atoms with E-state index in [-0.39, 0.29) is 0 Å². The lowest BCUT2D eigenvalue weighted by molar-refractivity contribution is 0.302. The van der Waals surface area contributed by atoms with Crippen LogP contribution in [0.15, 0.2) is 42.6 Å². The Kier molecular flexibility index (Phi) is 6.20. The van der Waals surface area contributed by atoms with Crippen LogP contribution in [0.25, 0.3) is 5.69 Å². The molecule has 0 fully saturated rings. The van der Waals surface area contributed by atoms with E-state index in [4.69, 9.17) is 5.26 Å². The molecule has 0 aliphatic heterocycles. The average Bonchev–Trinajstić information content (AvgIpc) is 3.03. The van der Waals surface area contributed by atoms with E-state index >= 15 is 0 Å². The van der Waals surface area contributed by atoms with Crippen LogP contribution in [0.5, 0.6) is 0 Å². The Labute approximate surface area is 133 Å². The quantitative estimate of drug-likeness (QED) is 0.762. The van der Waals surface area contributed by atoms with Gasteiger partial charge in [-0.1, -0.05) is 13.8 Å². The molecule has 0 atom stereocenters. The van der Waals surface area contributed by atoms with E-state index in [1.54, 1.807) is 0 Å². The van der Waals surface area contributed by atoms with Gasteiger partial charge in [-0.05, 0) is 49.5 Å². The van der Waals surface area contributed by atoms with Gasteiger partial charge in [-0.2, -0.15) is 5.26 Å². The van der Waals surface area contributed by atoms with Crippen LogP contribution >= 0.6 is 0 Å². The van der Waals surface area contributed by atoms with E-state index < -0.39 is 0 Å². The second-order valence-corrected chi connectivity index (χ2v) is 5.23. The summed E-state index contributed by atoms with van der Waals surface area (Å²) in [5, 5.41) is 12.4. The Morgan fingerprint density at radius 3 is 2.50 bits per heavy atom. The van der Waals surface area contributed by atoms with E-state index in [2.05, 4.69) is 53.0 Å². The van der Waals surface area contributed by atoms with E-state index in [0.29, 0.717) is 5.56 Å². The van der Waals surface area contributed by atoms with Crippen LogP contribution in [0.2, 0.25) is 0 Å². The molecule has 0 spiro atoms. The lowest BCUT2D eigenvalue weighted by atomic mass is 10.2. The van der Waals surface area contributed by atoms with Gasteiger partial charge in [0, 0.05) is 37.2 Å². The highest BCUT2D eigenvalue weighted by Crippen LogP contribution is 2.13. The van der Waals surface area contributed by atoms with Gasteiger partial charge in [-0.15, -0.1) is 0 Å². The summed E-state index contributed by atoms with van der Waals surface area (Å²) in [6.07, 6.45) is 2.06. The first kappa shape index (κ1) is 16.3. The minimum Gasteiger partial charge on any atom is -0.320 e. The number of rotatable bonds is 8. The first-order chi connectivity index (χ1) is 10.8. The van der Waals surface area contributed by atoms with Crippen LogP contribution in [0.3, 0.4) is 0 Å².